The summed E-state index contributed by atoms with van der Waals surface area (Å²) in [6.07, 6.45) is 6.61. The molecule has 31 heavy (non-hydrogen) atoms. The Balaban J connectivity index is 1.53. The van der Waals surface area contributed by atoms with Crippen LogP contribution in [0.3, 0.4) is 0 Å². The van der Waals surface area contributed by atoms with Crippen LogP contribution in [0.25, 0.3) is 6.08 Å². The van der Waals surface area contributed by atoms with Crippen LogP contribution in [-0.2, 0) is 9.53 Å². The van der Waals surface area contributed by atoms with Gasteiger partial charge in [-0.15, -0.1) is 0 Å². The van der Waals surface area contributed by atoms with Crippen molar-refractivity contribution in [3.8, 4) is 11.5 Å². The van der Waals surface area contributed by atoms with Crippen molar-refractivity contribution in [3.63, 3.8) is 0 Å². The van der Waals surface area contributed by atoms with Crippen molar-refractivity contribution in [1.29, 1.82) is 0 Å². The number of methoxy groups -OCH3 is 1. The van der Waals surface area contributed by atoms with Gasteiger partial charge in [-0.3, -0.25) is 9.59 Å². The molecule has 0 unspecified atom stereocenters. The zero-order valence-corrected chi connectivity index (χ0v) is 17.6. The quantitative estimate of drug-likeness (QED) is 0.398. The van der Waals surface area contributed by atoms with Crippen molar-refractivity contribution in [2.24, 2.45) is 5.92 Å². The van der Waals surface area contributed by atoms with Crippen LogP contribution in [0, 0.1) is 12.8 Å². The van der Waals surface area contributed by atoms with Gasteiger partial charge in [-0.1, -0.05) is 31.4 Å². The Morgan fingerprint density at radius 1 is 1.03 bits per heavy atom. The first-order chi connectivity index (χ1) is 15.0. The van der Waals surface area contributed by atoms with Gasteiger partial charge in [0.25, 0.3) is 0 Å². The highest BCUT2D eigenvalue weighted by molar-refractivity contribution is 6.15. The van der Waals surface area contributed by atoms with Crippen LogP contribution in [-0.4, -0.2) is 24.8 Å². The summed E-state index contributed by atoms with van der Waals surface area (Å²) in [5, 5.41) is 0. The summed E-state index contributed by atoms with van der Waals surface area (Å²) in [4.78, 5) is 36.9. The molecule has 2 aromatic rings. The minimum absolute atomic E-state index is 0.0626. The van der Waals surface area contributed by atoms with Crippen molar-refractivity contribution >= 4 is 23.8 Å². The fourth-order valence-corrected chi connectivity index (χ4v) is 3.99. The van der Waals surface area contributed by atoms with Crippen molar-refractivity contribution in [2.45, 2.75) is 39.0 Å². The van der Waals surface area contributed by atoms with Crippen LogP contribution >= 0.6 is 0 Å². The molecule has 1 fully saturated rings. The molecule has 6 nitrogen and oxygen atoms in total. The Labute approximate surface area is 180 Å². The number of Topliss-reactive ketones (excluding diaryl/α,β-unsaturated/α-hetero) is 1. The van der Waals surface area contributed by atoms with E-state index in [-0.39, 0.29) is 23.4 Å². The predicted octanol–water partition coefficient (Wildman–Crippen LogP) is 4.88. The molecule has 0 aromatic heterocycles. The molecule has 2 aliphatic rings. The normalized spacial score (nSPS) is 17.2. The first-order valence-electron chi connectivity index (χ1n) is 10.5. The minimum Gasteiger partial charge on any atom is -0.465 e. The molecule has 0 spiro atoms. The summed E-state index contributed by atoms with van der Waals surface area (Å²) in [6.45, 7) is 1.78. The molecule has 0 amide bonds. The number of hydrogen-bond acceptors (Lipinski definition) is 6. The third kappa shape index (κ3) is 4.24. The first-order valence-corrected chi connectivity index (χ1v) is 10.5. The predicted molar refractivity (Wildman–Crippen MR) is 114 cm³/mol. The van der Waals surface area contributed by atoms with E-state index in [1.165, 1.54) is 7.11 Å². The SMILES string of the molecule is COC(=O)c1ccc(/C=C2\Oc3c(ccc(OC(=O)C4CCCCC4)c3C)C2=O)cc1. The number of carbonyl (C=O) groups excluding carboxylic acids is 3. The van der Waals surface area contributed by atoms with Gasteiger partial charge in [0.05, 0.1) is 24.2 Å². The Bertz CT molecular complexity index is 1060. The zero-order valence-electron chi connectivity index (χ0n) is 17.6. The van der Waals surface area contributed by atoms with E-state index in [4.69, 9.17) is 14.2 Å². The molecular weight excluding hydrogens is 396 g/mol. The monoisotopic (exact) mass is 420 g/mol. The Morgan fingerprint density at radius 2 is 1.74 bits per heavy atom. The molecule has 0 saturated heterocycles. The molecule has 0 radical (unpaired) electrons. The maximum atomic E-state index is 12.8. The fourth-order valence-electron chi connectivity index (χ4n) is 3.99. The first kappa shape index (κ1) is 20.8. The maximum Gasteiger partial charge on any atom is 0.337 e. The molecule has 0 N–H and O–H groups in total. The minimum atomic E-state index is -0.425. The summed E-state index contributed by atoms with van der Waals surface area (Å²) < 4.78 is 16.2. The number of hydrogen-bond donors (Lipinski definition) is 0. The van der Waals surface area contributed by atoms with Crippen molar-refractivity contribution in [3.05, 3.63) is 64.4 Å². The van der Waals surface area contributed by atoms with E-state index >= 15 is 0 Å². The number of carbonyl (C=O) groups is 3. The van der Waals surface area contributed by atoms with E-state index in [2.05, 4.69) is 0 Å². The van der Waals surface area contributed by atoms with Crippen LogP contribution in [0.15, 0.2) is 42.2 Å². The summed E-state index contributed by atoms with van der Waals surface area (Å²) in [5.41, 5.74) is 2.20. The van der Waals surface area contributed by atoms with Gasteiger partial charge >= 0.3 is 11.9 Å². The Morgan fingerprint density at radius 3 is 2.42 bits per heavy atom. The van der Waals surface area contributed by atoms with Gasteiger partial charge in [0.15, 0.2) is 5.76 Å². The molecule has 1 saturated carbocycles. The topological polar surface area (TPSA) is 78.9 Å². The number of rotatable bonds is 4. The van der Waals surface area contributed by atoms with E-state index in [0.717, 1.165) is 32.1 Å². The molecule has 1 aliphatic heterocycles. The lowest BCUT2D eigenvalue weighted by Gasteiger charge is -2.20. The number of ether oxygens (including phenoxy) is 3. The van der Waals surface area contributed by atoms with Crippen LogP contribution in [0.1, 0.15) is 63.9 Å². The summed E-state index contributed by atoms with van der Waals surface area (Å²) in [7, 11) is 1.32. The fraction of sp³-hybridized carbons (Fsp3) is 0.320. The molecule has 0 bridgehead atoms. The van der Waals surface area contributed by atoms with Crippen LogP contribution in [0.5, 0.6) is 11.5 Å². The van der Waals surface area contributed by atoms with Crippen LogP contribution in [0.4, 0.5) is 0 Å². The highest BCUT2D eigenvalue weighted by atomic mass is 16.5. The standard InChI is InChI=1S/C25H24O6/c1-15-20(31-25(28)17-6-4-3-5-7-17)13-12-19-22(26)21(30-23(15)19)14-16-8-10-18(11-9-16)24(27)29-2/h8-14,17H,3-7H2,1-2H3/b21-14-. The average molecular weight is 420 g/mol. The van der Waals surface area contributed by atoms with Crippen LogP contribution < -0.4 is 9.47 Å². The van der Waals surface area contributed by atoms with Gasteiger partial charge in [0, 0.05) is 5.56 Å². The second kappa shape index (κ2) is 8.76. The smallest absolute Gasteiger partial charge is 0.337 e. The van der Waals surface area contributed by atoms with E-state index in [1.807, 2.05) is 0 Å². The van der Waals surface area contributed by atoms with E-state index in [1.54, 1.807) is 49.4 Å². The van der Waals surface area contributed by atoms with Gasteiger partial charge in [-0.25, -0.2) is 4.79 Å². The number of fused-ring (bicyclic) bond motifs is 1. The van der Waals surface area contributed by atoms with Gasteiger partial charge in [0.2, 0.25) is 5.78 Å². The van der Waals surface area contributed by atoms with Crippen molar-refractivity contribution < 1.29 is 28.6 Å². The van der Waals surface area contributed by atoms with Gasteiger partial charge in [0.1, 0.15) is 11.5 Å². The largest absolute Gasteiger partial charge is 0.465 e. The number of ketones is 1. The number of allylic oxidation sites excluding steroid dienone is 1. The van der Waals surface area contributed by atoms with Crippen LogP contribution in [0.2, 0.25) is 0 Å². The second-order valence-corrected chi connectivity index (χ2v) is 7.87. The molecule has 6 heteroatoms. The lowest BCUT2D eigenvalue weighted by molar-refractivity contribution is -0.140. The third-order valence-corrected chi connectivity index (χ3v) is 5.82. The molecule has 4 rings (SSSR count). The highest BCUT2D eigenvalue weighted by Crippen LogP contribution is 2.40. The molecule has 1 aliphatic carbocycles. The lowest BCUT2D eigenvalue weighted by Crippen LogP contribution is -2.23. The van der Waals surface area contributed by atoms with Crippen molar-refractivity contribution in [1.82, 2.24) is 0 Å². The molecule has 160 valence electrons. The third-order valence-electron chi connectivity index (χ3n) is 5.82. The van der Waals surface area contributed by atoms with Crippen molar-refractivity contribution in [2.75, 3.05) is 7.11 Å². The van der Waals surface area contributed by atoms with E-state index in [9.17, 15) is 14.4 Å². The molecular formula is C25H24O6. The average Bonchev–Trinajstić information content (AvgIpc) is 3.12. The molecule has 0 atom stereocenters. The molecule has 2 aromatic carbocycles. The number of esters is 2. The van der Waals surface area contributed by atoms with Gasteiger partial charge in [-0.05, 0) is 55.7 Å². The summed E-state index contributed by atoms with van der Waals surface area (Å²) in [5.74, 6) is 0.0776. The zero-order chi connectivity index (χ0) is 22.0. The van der Waals surface area contributed by atoms with Gasteiger partial charge < -0.3 is 14.2 Å². The summed E-state index contributed by atoms with van der Waals surface area (Å²) >= 11 is 0. The van der Waals surface area contributed by atoms with Gasteiger partial charge in [-0.2, -0.15) is 0 Å². The summed E-state index contributed by atoms with van der Waals surface area (Å²) in [6, 6.07) is 9.96. The highest BCUT2D eigenvalue weighted by Gasteiger charge is 2.31. The lowest BCUT2D eigenvalue weighted by atomic mass is 9.89. The number of benzene rings is 2. The Kier molecular flexibility index (Phi) is 5.89. The maximum absolute atomic E-state index is 12.8. The second-order valence-electron chi connectivity index (χ2n) is 7.87. The molecule has 1 heterocycles. The Hall–Kier alpha value is -3.41. The van der Waals surface area contributed by atoms with E-state index < -0.39 is 5.97 Å². The van der Waals surface area contributed by atoms with E-state index in [0.29, 0.717) is 33.8 Å².